The Morgan fingerprint density at radius 1 is 1.29 bits per heavy atom. The van der Waals surface area contributed by atoms with E-state index >= 15 is 0 Å². The van der Waals surface area contributed by atoms with Gasteiger partial charge in [-0.2, -0.15) is 0 Å². The van der Waals surface area contributed by atoms with Gasteiger partial charge in [0.25, 0.3) is 0 Å². The number of sulfonamides is 1. The van der Waals surface area contributed by atoms with E-state index in [2.05, 4.69) is 14.9 Å². The minimum atomic E-state index is -3.48. The number of aryl methyl sites for hydroxylation is 1. The molecular weight excluding hydrogens is 240 g/mol. The van der Waals surface area contributed by atoms with Crippen LogP contribution >= 0.6 is 0 Å². The van der Waals surface area contributed by atoms with Crippen molar-refractivity contribution in [3.8, 4) is 0 Å². The molecular formula is C10H12N4O2S. The molecule has 2 aromatic rings. The number of nitrogens with one attached hydrogen (secondary N) is 1. The molecule has 7 heteroatoms. The molecule has 1 heterocycles. The van der Waals surface area contributed by atoms with Crippen molar-refractivity contribution in [1.29, 1.82) is 0 Å². The molecule has 0 aliphatic carbocycles. The molecule has 0 radical (unpaired) electrons. The Morgan fingerprint density at radius 2 is 2.00 bits per heavy atom. The molecule has 6 nitrogen and oxygen atoms in total. The topological polar surface area (TPSA) is 76.9 Å². The fraction of sp³-hybridized carbons (Fsp3) is 0.200. The SMILES string of the molecule is Cn1cnnc1CNS(=O)(=O)c1ccccc1. The van der Waals surface area contributed by atoms with Gasteiger partial charge in [-0.25, -0.2) is 13.1 Å². The van der Waals surface area contributed by atoms with Gasteiger partial charge in [-0.3, -0.25) is 0 Å². The highest BCUT2D eigenvalue weighted by atomic mass is 32.2. The second-order valence-corrected chi connectivity index (χ2v) is 5.26. The van der Waals surface area contributed by atoms with Gasteiger partial charge in [0, 0.05) is 7.05 Å². The van der Waals surface area contributed by atoms with Gasteiger partial charge in [0.05, 0.1) is 11.4 Å². The molecule has 1 N–H and O–H groups in total. The summed E-state index contributed by atoms with van der Waals surface area (Å²) in [6.45, 7) is 0.119. The van der Waals surface area contributed by atoms with Crippen LogP contribution in [0.2, 0.25) is 0 Å². The van der Waals surface area contributed by atoms with E-state index < -0.39 is 10.0 Å². The minimum Gasteiger partial charge on any atom is -0.320 e. The number of benzene rings is 1. The molecule has 0 aliphatic heterocycles. The summed E-state index contributed by atoms with van der Waals surface area (Å²) in [5, 5.41) is 7.47. The first-order valence-corrected chi connectivity index (χ1v) is 6.45. The molecule has 2 rings (SSSR count). The summed E-state index contributed by atoms with van der Waals surface area (Å²) in [5.74, 6) is 0.560. The first-order valence-electron chi connectivity index (χ1n) is 4.97. The molecule has 1 aromatic carbocycles. The lowest BCUT2D eigenvalue weighted by atomic mass is 10.4. The zero-order chi connectivity index (χ0) is 12.3. The normalized spacial score (nSPS) is 11.6. The van der Waals surface area contributed by atoms with Crippen LogP contribution in [-0.4, -0.2) is 23.2 Å². The summed E-state index contributed by atoms with van der Waals surface area (Å²) in [6.07, 6.45) is 1.52. The maximum Gasteiger partial charge on any atom is 0.240 e. The number of rotatable bonds is 4. The van der Waals surface area contributed by atoms with E-state index in [1.165, 1.54) is 6.33 Å². The van der Waals surface area contributed by atoms with Gasteiger partial charge in [-0.1, -0.05) is 18.2 Å². The third kappa shape index (κ3) is 2.69. The van der Waals surface area contributed by atoms with Crippen molar-refractivity contribution in [3.05, 3.63) is 42.5 Å². The highest BCUT2D eigenvalue weighted by molar-refractivity contribution is 7.89. The van der Waals surface area contributed by atoms with Crippen molar-refractivity contribution in [3.63, 3.8) is 0 Å². The van der Waals surface area contributed by atoms with Gasteiger partial charge in [0.1, 0.15) is 12.2 Å². The van der Waals surface area contributed by atoms with Gasteiger partial charge >= 0.3 is 0 Å². The van der Waals surface area contributed by atoms with Crippen molar-refractivity contribution in [2.75, 3.05) is 0 Å². The zero-order valence-corrected chi connectivity index (χ0v) is 10.1. The maximum atomic E-state index is 11.9. The molecule has 0 saturated heterocycles. The predicted octanol–water partition coefficient (Wildman–Crippen LogP) is 0.294. The van der Waals surface area contributed by atoms with E-state index in [1.54, 1.807) is 41.9 Å². The summed E-state index contributed by atoms with van der Waals surface area (Å²) >= 11 is 0. The van der Waals surface area contributed by atoms with Gasteiger partial charge in [-0.15, -0.1) is 10.2 Å². The van der Waals surface area contributed by atoms with E-state index in [9.17, 15) is 8.42 Å². The number of aromatic nitrogens is 3. The molecule has 0 atom stereocenters. The van der Waals surface area contributed by atoms with Crippen LogP contribution in [0, 0.1) is 0 Å². The molecule has 90 valence electrons. The fourth-order valence-electron chi connectivity index (χ4n) is 1.31. The Balaban J connectivity index is 2.12. The average molecular weight is 252 g/mol. The molecule has 0 aliphatic rings. The standard InChI is InChI=1S/C10H12N4O2S/c1-14-8-11-13-10(14)7-12-17(15,16)9-5-3-2-4-6-9/h2-6,8,12H,7H2,1H3. The molecule has 17 heavy (non-hydrogen) atoms. The molecule has 1 aromatic heterocycles. The Hall–Kier alpha value is -1.73. The Morgan fingerprint density at radius 3 is 2.59 bits per heavy atom. The molecule has 0 unspecified atom stereocenters. The van der Waals surface area contributed by atoms with Crippen LogP contribution < -0.4 is 4.72 Å². The molecule has 0 saturated carbocycles. The van der Waals surface area contributed by atoms with E-state index in [-0.39, 0.29) is 11.4 Å². The van der Waals surface area contributed by atoms with E-state index in [4.69, 9.17) is 0 Å². The Bertz CT molecular complexity index is 592. The monoisotopic (exact) mass is 252 g/mol. The third-order valence-electron chi connectivity index (χ3n) is 2.28. The van der Waals surface area contributed by atoms with E-state index in [0.29, 0.717) is 5.82 Å². The van der Waals surface area contributed by atoms with Crippen LogP contribution in [0.5, 0.6) is 0 Å². The minimum absolute atomic E-state index is 0.119. The quantitative estimate of drug-likeness (QED) is 0.848. The second kappa shape index (κ2) is 4.64. The summed E-state index contributed by atoms with van der Waals surface area (Å²) in [6, 6.07) is 8.20. The highest BCUT2D eigenvalue weighted by Gasteiger charge is 2.13. The number of hydrogen-bond donors (Lipinski definition) is 1. The highest BCUT2D eigenvalue weighted by Crippen LogP contribution is 2.07. The summed E-state index contributed by atoms with van der Waals surface area (Å²) in [5.41, 5.74) is 0. The lowest BCUT2D eigenvalue weighted by molar-refractivity contribution is 0.577. The van der Waals surface area contributed by atoms with Crippen LogP contribution in [0.25, 0.3) is 0 Å². The van der Waals surface area contributed by atoms with Crippen molar-refractivity contribution >= 4 is 10.0 Å². The van der Waals surface area contributed by atoms with Crippen LogP contribution in [0.4, 0.5) is 0 Å². The summed E-state index contributed by atoms with van der Waals surface area (Å²) in [4.78, 5) is 0.238. The van der Waals surface area contributed by atoms with Crippen LogP contribution in [0.1, 0.15) is 5.82 Å². The average Bonchev–Trinajstić information content (AvgIpc) is 2.74. The van der Waals surface area contributed by atoms with Gasteiger partial charge < -0.3 is 4.57 Å². The molecule has 0 spiro atoms. The van der Waals surface area contributed by atoms with Crippen LogP contribution in [-0.2, 0) is 23.6 Å². The van der Waals surface area contributed by atoms with Crippen molar-refractivity contribution in [1.82, 2.24) is 19.5 Å². The summed E-state index contributed by atoms with van der Waals surface area (Å²) in [7, 11) is -1.73. The number of nitrogens with zero attached hydrogens (tertiary/aromatic N) is 3. The van der Waals surface area contributed by atoms with Crippen molar-refractivity contribution in [2.45, 2.75) is 11.4 Å². The maximum absolute atomic E-state index is 11.9. The van der Waals surface area contributed by atoms with Gasteiger partial charge in [0.2, 0.25) is 10.0 Å². The lowest BCUT2D eigenvalue weighted by Crippen LogP contribution is -2.24. The largest absolute Gasteiger partial charge is 0.320 e. The predicted molar refractivity (Wildman–Crippen MR) is 61.5 cm³/mol. The Labute approximate surface area is 99.4 Å². The fourth-order valence-corrected chi connectivity index (χ4v) is 2.31. The van der Waals surface area contributed by atoms with E-state index in [0.717, 1.165) is 0 Å². The molecule has 0 bridgehead atoms. The van der Waals surface area contributed by atoms with Crippen molar-refractivity contribution < 1.29 is 8.42 Å². The smallest absolute Gasteiger partial charge is 0.240 e. The third-order valence-corrected chi connectivity index (χ3v) is 3.70. The van der Waals surface area contributed by atoms with Crippen LogP contribution in [0.15, 0.2) is 41.6 Å². The van der Waals surface area contributed by atoms with E-state index in [1.807, 2.05) is 0 Å². The molecule has 0 amide bonds. The van der Waals surface area contributed by atoms with Gasteiger partial charge in [0.15, 0.2) is 0 Å². The van der Waals surface area contributed by atoms with Crippen LogP contribution in [0.3, 0.4) is 0 Å². The molecule has 0 fully saturated rings. The first-order chi connectivity index (χ1) is 8.09. The van der Waals surface area contributed by atoms with Crippen molar-refractivity contribution in [2.24, 2.45) is 7.05 Å². The zero-order valence-electron chi connectivity index (χ0n) is 9.24. The van der Waals surface area contributed by atoms with Gasteiger partial charge in [-0.05, 0) is 12.1 Å². The number of hydrogen-bond acceptors (Lipinski definition) is 4. The lowest BCUT2D eigenvalue weighted by Gasteiger charge is -2.05. The Kier molecular flexibility index (Phi) is 3.21. The summed E-state index contributed by atoms with van der Waals surface area (Å²) < 4.78 is 27.9. The first kappa shape index (κ1) is 11.7. The second-order valence-electron chi connectivity index (χ2n) is 3.50.